The molecule has 200 valence electrons. The molecule has 1 aliphatic carbocycles. The molecule has 0 radical (unpaired) electrons. The van der Waals surface area contributed by atoms with Crippen molar-refractivity contribution in [2.24, 2.45) is 5.92 Å². The summed E-state index contributed by atoms with van der Waals surface area (Å²) in [5.41, 5.74) is 5.48. The predicted octanol–water partition coefficient (Wildman–Crippen LogP) is 7.46. The van der Waals surface area contributed by atoms with Crippen LogP contribution >= 0.6 is 0 Å². The van der Waals surface area contributed by atoms with E-state index in [9.17, 15) is 4.79 Å². The maximum atomic E-state index is 13.7. The van der Waals surface area contributed by atoms with Crippen molar-refractivity contribution in [3.63, 3.8) is 0 Å². The average molecular weight is 511 g/mol. The number of ether oxygens (including phenoxy) is 1. The third-order valence-electron chi connectivity index (χ3n) is 7.24. The van der Waals surface area contributed by atoms with Gasteiger partial charge in [0.2, 0.25) is 0 Å². The van der Waals surface area contributed by atoms with Gasteiger partial charge in [-0.05, 0) is 85.4 Å². The van der Waals surface area contributed by atoms with E-state index in [0.29, 0.717) is 19.1 Å². The van der Waals surface area contributed by atoms with E-state index in [1.807, 2.05) is 42.5 Å². The maximum Gasteiger partial charge on any atom is 0.174 e. The van der Waals surface area contributed by atoms with E-state index >= 15 is 0 Å². The first kappa shape index (κ1) is 27.5. The third-order valence-corrected chi connectivity index (χ3v) is 7.24. The van der Waals surface area contributed by atoms with Crippen LogP contribution in [0.2, 0.25) is 0 Å². The summed E-state index contributed by atoms with van der Waals surface area (Å²) in [4.78, 5) is 16.0. The van der Waals surface area contributed by atoms with E-state index in [1.54, 1.807) is 0 Å². The molecular formula is C34H42N2O2. The van der Waals surface area contributed by atoms with Crippen LogP contribution in [-0.2, 0) is 11.4 Å². The zero-order valence-corrected chi connectivity index (χ0v) is 23.0. The molecule has 0 amide bonds. The number of allylic oxidation sites excluding steroid dienone is 5. The van der Waals surface area contributed by atoms with Crippen LogP contribution in [0.1, 0.15) is 63.5 Å². The Balaban J connectivity index is 1.40. The van der Waals surface area contributed by atoms with Crippen LogP contribution in [0.15, 0.2) is 96.8 Å². The lowest BCUT2D eigenvalue weighted by molar-refractivity contribution is -0.121. The molecule has 1 aliphatic heterocycles. The molecule has 2 aromatic carbocycles. The average Bonchev–Trinajstić information content (AvgIpc) is 3.27. The molecule has 1 saturated heterocycles. The minimum Gasteiger partial charge on any atom is -0.489 e. The van der Waals surface area contributed by atoms with Crippen molar-refractivity contribution in [1.82, 2.24) is 10.2 Å². The van der Waals surface area contributed by atoms with Gasteiger partial charge in [-0.1, -0.05) is 75.1 Å². The Labute approximate surface area is 228 Å². The molecule has 1 N–H and O–H groups in total. The van der Waals surface area contributed by atoms with Gasteiger partial charge >= 0.3 is 0 Å². The van der Waals surface area contributed by atoms with Crippen molar-refractivity contribution in [1.29, 1.82) is 0 Å². The van der Waals surface area contributed by atoms with Gasteiger partial charge in [-0.2, -0.15) is 0 Å². The molecule has 0 spiro atoms. The van der Waals surface area contributed by atoms with Crippen LogP contribution in [0, 0.1) is 5.92 Å². The first-order valence-corrected chi connectivity index (χ1v) is 14.1. The highest BCUT2D eigenvalue weighted by Crippen LogP contribution is 2.28. The van der Waals surface area contributed by atoms with E-state index in [1.165, 1.54) is 17.7 Å². The van der Waals surface area contributed by atoms with Crippen LogP contribution in [0.3, 0.4) is 0 Å². The van der Waals surface area contributed by atoms with Gasteiger partial charge in [0.1, 0.15) is 12.4 Å². The SMILES string of the molecule is C=C(N[C@@H](CCC(C)C)C(=O)CN1CCCCC2=CC=CCC=C21)c1ccc(OCc2ccccc2)cc1. The Morgan fingerprint density at radius 3 is 2.61 bits per heavy atom. The number of carbonyl (C=O) groups is 1. The molecule has 0 unspecified atom stereocenters. The number of nitrogens with one attached hydrogen (secondary N) is 1. The van der Waals surface area contributed by atoms with Gasteiger partial charge in [0, 0.05) is 17.9 Å². The Morgan fingerprint density at radius 2 is 1.84 bits per heavy atom. The monoisotopic (exact) mass is 510 g/mol. The van der Waals surface area contributed by atoms with Crippen LogP contribution in [0.4, 0.5) is 0 Å². The molecule has 4 rings (SSSR count). The molecule has 2 aliphatic rings. The largest absolute Gasteiger partial charge is 0.489 e. The van der Waals surface area contributed by atoms with E-state index in [2.05, 4.69) is 67.1 Å². The molecule has 1 atom stereocenters. The molecule has 4 nitrogen and oxygen atoms in total. The molecule has 1 fully saturated rings. The third kappa shape index (κ3) is 7.98. The lowest BCUT2D eigenvalue weighted by atomic mass is 9.99. The lowest BCUT2D eigenvalue weighted by Gasteiger charge is -2.29. The van der Waals surface area contributed by atoms with Gasteiger partial charge in [-0.25, -0.2) is 0 Å². The fraction of sp³-hybridized carbons (Fsp3) is 0.382. The van der Waals surface area contributed by atoms with Crippen molar-refractivity contribution in [2.75, 3.05) is 13.1 Å². The molecule has 1 heterocycles. The van der Waals surface area contributed by atoms with Crippen molar-refractivity contribution in [2.45, 2.75) is 65.0 Å². The summed E-state index contributed by atoms with van der Waals surface area (Å²) in [6, 6.07) is 17.8. The van der Waals surface area contributed by atoms with Crippen molar-refractivity contribution < 1.29 is 9.53 Å². The number of carbonyl (C=O) groups excluding carboxylic acids is 1. The van der Waals surface area contributed by atoms with Crippen LogP contribution in [0.25, 0.3) is 5.70 Å². The topological polar surface area (TPSA) is 41.6 Å². The standard InChI is InChI=1S/C34H42N2O2/c1-26(2)17-22-32(34(37)24-36-23-11-10-15-30-14-8-5-9-16-33(30)36)35-27(3)29-18-20-31(21-19-29)38-25-28-12-6-4-7-13-28/h4-8,12-14,16,18-21,26,32,35H,3,9-11,15,17,22-25H2,1-2H3/t32-/m0/s1. The van der Waals surface area contributed by atoms with Gasteiger partial charge < -0.3 is 15.0 Å². The second kappa shape index (κ2) is 13.9. The highest BCUT2D eigenvalue weighted by Gasteiger charge is 2.25. The fourth-order valence-electron chi connectivity index (χ4n) is 5.00. The second-order valence-electron chi connectivity index (χ2n) is 10.7. The van der Waals surface area contributed by atoms with E-state index < -0.39 is 0 Å². The van der Waals surface area contributed by atoms with Crippen molar-refractivity contribution in [3.05, 3.63) is 108 Å². The van der Waals surface area contributed by atoms with Gasteiger partial charge in [-0.15, -0.1) is 0 Å². The van der Waals surface area contributed by atoms with Gasteiger partial charge in [-0.3, -0.25) is 4.79 Å². The number of rotatable bonds is 12. The highest BCUT2D eigenvalue weighted by atomic mass is 16.5. The summed E-state index contributed by atoms with van der Waals surface area (Å²) < 4.78 is 5.93. The first-order chi connectivity index (χ1) is 18.5. The first-order valence-electron chi connectivity index (χ1n) is 14.1. The Bertz CT molecular complexity index is 1160. The number of Topliss-reactive ketones (excluding diaryl/α,β-unsaturated/α-hetero) is 1. The summed E-state index contributed by atoms with van der Waals surface area (Å²) >= 11 is 0. The summed E-state index contributed by atoms with van der Waals surface area (Å²) in [5.74, 6) is 1.58. The Morgan fingerprint density at radius 1 is 1.05 bits per heavy atom. The summed E-state index contributed by atoms with van der Waals surface area (Å²) in [5, 5.41) is 3.50. The Kier molecular flexibility index (Phi) is 10.0. The normalized spacial score (nSPS) is 16.0. The van der Waals surface area contributed by atoms with Crippen LogP contribution in [0.5, 0.6) is 5.75 Å². The summed E-state index contributed by atoms with van der Waals surface area (Å²) in [7, 11) is 0. The number of ketones is 1. The zero-order chi connectivity index (χ0) is 26.7. The minimum absolute atomic E-state index is 0.231. The number of fused-ring (bicyclic) bond motifs is 1. The number of hydrogen-bond acceptors (Lipinski definition) is 4. The van der Waals surface area contributed by atoms with Crippen LogP contribution < -0.4 is 10.1 Å². The molecule has 0 aromatic heterocycles. The highest BCUT2D eigenvalue weighted by molar-refractivity contribution is 5.87. The van der Waals surface area contributed by atoms with E-state index in [-0.39, 0.29) is 11.8 Å². The predicted molar refractivity (Wildman–Crippen MR) is 158 cm³/mol. The van der Waals surface area contributed by atoms with E-state index in [0.717, 1.165) is 61.2 Å². The molecular weight excluding hydrogens is 468 g/mol. The van der Waals surface area contributed by atoms with Crippen molar-refractivity contribution in [3.8, 4) is 5.75 Å². The van der Waals surface area contributed by atoms with Gasteiger partial charge in [0.05, 0.1) is 12.6 Å². The smallest absolute Gasteiger partial charge is 0.174 e. The number of likely N-dealkylation sites (tertiary alicyclic amines) is 1. The quantitative estimate of drug-likeness (QED) is 0.322. The molecule has 0 bridgehead atoms. The molecule has 4 heteroatoms. The summed E-state index contributed by atoms with van der Waals surface area (Å²) in [6.07, 6.45) is 14.9. The second-order valence-corrected chi connectivity index (χ2v) is 10.7. The molecule has 0 saturated carbocycles. The van der Waals surface area contributed by atoms with E-state index in [4.69, 9.17) is 4.74 Å². The maximum absolute atomic E-state index is 13.7. The zero-order valence-electron chi connectivity index (χ0n) is 23.0. The number of benzene rings is 2. The lowest BCUT2D eigenvalue weighted by Crippen LogP contribution is -2.42. The summed E-state index contributed by atoms with van der Waals surface area (Å²) in [6.45, 7) is 10.6. The van der Waals surface area contributed by atoms with Crippen molar-refractivity contribution >= 4 is 11.5 Å². The Hall–Kier alpha value is -3.53. The fourth-order valence-corrected chi connectivity index (χ4v) is 5.00. The molecule has 2 aromatic rings. The minimum atomic E-state index is -0.265. The number of hydrogen-bond donors (Lipinski definition) is 1. The van der Waals surface area contributed by atoms with Gasteiger partial charge in [0.15, 0.2) is 5.78 Å². The van der Waals surface area contributed by atoms with Gasteiger partial charge in [0.25, 0.3) is 0 Å². The number of nitrogens with zero attached hydrogens (tertiary/aromatic N) is 1. The molecule has 38 heavy (non-hydrogen) atoms. The van der Waals surface area contributed by atoms with Crippen LogP contribution in [-0.4, -0.2) is 29.8 Å².